The average molecular weight is 145 g/mol. The van der Waals surface area contributed by atoms with Crippen LogP contribution in [0.5, 0.6) is 0 Å². The molecule has 0 atom stereocenters. The number of carboxylic acid groups (broad SMARTS) is 1. The van der Waals surface area contributed by atoms with E-state index in [2.05, 4.69) is 10.1 Å². The Bertz CT molecular complexity index is 402. The van der Waals surface area contributed by atoms with Gasteiger partial charge >= 0.3 is 5.97 Å². The quantitative estimate of drug-likeness (QED) is 0.639. The smallest absolute Gasteiger partial charge is 0.311 e. The zero-order valence-electron chi connectivity index (χ0n) is 10.2. The van der Waals surface area contributed by atoms with Crippen LogP contribution in [-0.2, 0) is 18.2 Å². The second kappa shape index (κ2) is 2.51. The maximum Gasteiger partial charge on any atom is 0.311 e. The van der Waals surface area contributed by atoms with Crippen LogP contribution in [0.3, 0.4) is 0 Å². The lowest BCUT2D eigenvalue weighted by atomic mass is 10.4. The maximum atomic E-state index is 10.9. The van der Waals surface area contributed by atoms with E-state index < -0.39 is 24.3 Å². The molecule has 0 aromatic carbocycles. The van der Waals surface area contributed by atoms with E-state index in [1.54, 1.807) is 0 Å². The molecule has 1 aromatic heterocycles. The summed E-state index contributed by atoms with van der Waals surface area (Å²) < 4.78 is 36.4. The van der Waals surface area contributed by atoms with Crippen molar-refractivity contribution in [3.05, 3.63) is 18.2 Å². The van der Waals surface area contributed by atoms with Crippen molar-refractivity contribution in [1.29, 1.82) is 1.43 Å². The number of carbonyl (C=O) groups is 1. The molecule has 1 heterocycles. The Morgan fingerprint density at radius 1 is 2.30 bits per heavy atom. The summed E-state index contributed by atoms with van der Waals surface area (Å²) in [6.45, 7) is 0. The van der Waals surface area contributed by atoms with Crippen molar-refractivity contribution in [3.8, 4) is 0 Å². The summed E-state index contributed by atoms with van der Waals surface area (Å²) in [4.78, 5) is 14.4. The summed E-state index contributed by atoms with van der Waals surface area (Å²) in [6.07, 6.45) is -3.38. The van der Waals surface area contributed by atoms with Crippen LogP contribution >= 0.6 is 0 Å². The molecular weight excluding hydrogens is 132 g/mol. The van der Waals surface area contributed by atoms with Gasteiger partial charge in [0.1, 0.15) is 12.2 Å². The number of imidazole rings is 1. The highest BCUT2D eigenvalue weighted by Crippen LogP contribution is 1.94. The number of rotatable bonds is 2. The number of aliphatic carboxylic acids is 1. The van der Waals surface area contributed by atoms with E-state index in [1.165, 1.54) is 7.05 Å². The minimum Gasteiger partial charge on any atom is -0.481 e. The van der Waals surface area contributed by atoms with E-state index in [1.807, 2.05) is 0 Å². The van der Waals surface area contributed by atoms with Crippen LogP contribution in [-0.4, -0.2) is 20.6 Å². The molecule has 0 amide bonds. The van der Waals surface area contributed by atoms with E-state index in [0.29, 0.717) is 0 Å². The summed E-state index contributed by atoms with van der Waals surface area (Å²) in [5, 5.41) is 3.53. The van der Waals surface area contributed by atoms with Crippen LogP contribution in [0, 0.1) is 0 Å². The number of aromatic nitrogens is 2. The predicted octanol–water partition coefficient (Wildman–Crippen LogP) is 0.0472. The van der Waals surface area contributed by atoms with Gasteiger partial charge in [-0.05, 0) is 0 Å². The van der Waals surface area contributed by atoms with Gasteiger partial charge in [0, 0.05) is 22.1 Å². The summed E-state index contributed by atoms with van der Waals surface area (Å²) >= 11 is 0. The fourth-order valence-electron chi connectivity index (χ4n) is 0.484. The second-order valence-corrected chi connectivity index (χ2v) is 1.63. The van der Waals surface area contributed by atoms with Crippen molar-refractivity contribution >= 4 is 5.97 Å². The molecule has 1 N–H and O–H groups in total. The Kier molecular flexibility index (Phi) is 0.687. The molecule has 1 rings (SSSR count). The van der Waals surface area contributed by atoms with Crippen LogP contribution in [0.1, 0.15) is 11.3 Å². The molecule has 10 heavy (non-hydrogen) atoms. The van der Waals surface area contributed by atoms with Crippen molar-refractivity contribution in [3.63, 3.8) is 0 Å². The van der Waals surface area contributed by atoms with Crippen molar-refractivity contribution < 1.29 is 15.4 Å². The highest BCUT2D eigenvalue weighted by atomic mass is 16.4. The Balaban J connectivity index is 3.27. The molecule has 0 radical (unpaired) electrons. The van der Waals surface area contributed by atoms with Crippen LogP contribution in [0.25, 0.3) is 1.43 Å². The van der Waals surface area contributed by atoms with Gasteiger partial charge in [-0.2, -0.15) is 0 Å². The lowest BCUT2D eigenvalue weighted by Gasteiger charge is -1.94. The number of nitrogens with zero attached hydrogens (tertiary/aromatic N) is 2. The number of carboxylic acids is 1. The van der Waals surface area contributed by atoms with Crippen molar-refractivity contribution in [2.75, 3.05) is 0 Å². The zero-order valence-corrected chi connectivity index (χ0v) is 5.21. The summed E-state index contributed by atoms with van der Waals surface area (Å²) in [5.74, 6) is -1.86. The first kappa shape index (κ1) is 2.74. The molecular formula is C6H8N2O2. The second-order valence-electron chi connectivity index (χ2n) is 1.63. The topological polar surface area (TPSA) is 55.1 Å². The first-order valence-electron chi connectivity index (χ1n) is 4.91. The van der Waals surface area contributed by atoms with Crippen LogP contribution < -0.4 is 0 Å². The molecule has 0 fully saturated rings. The first-order chi connectivity index (χ1) is 6.82. The van der Waals surface area contributed by atoms with Crippen LogP contribution in [0.2, 0.25) is 0 Å². The normalized spacial score (nSPS) is 17.9. The number of hydrogen-bond acceptors (Lipinski definition) is 3. The lowest BCUT2D eigenvalue weighted by molar-refractivity contribution is -0.136. The van der Waals surface area contributed by atoms with Crippen LogP contribution in [0.15, 0.2) is 12.3 Å². The Hall–Kier alpha value is -1.32. The van der Waals surface area contributed by atoms with Gasteiger partial charge in [0.25, 0.3) is 1.43 Å². The van der Waals surface area contributed by atoms with Gasteiger partial charge in [0.2, 0.25) is 0 Å². The monoisotopic (exact) mass is 145 g/mol. The third kappa shape index (κ3) is 1.34. The minimum atomic E-state index is -2.63. The van der Waals surface area contributed by atoms with Crippen molar-refractivity contribution in [2.45, 2.75) is 6.37 Å². The Morgan fingerprint density at radius 3 is 3.60 bits per heavy atom. The predicted molar refractivity (Wildman–Crippen MR) is 34.5 cm³/mol. The summed E-state index contributed by atoms with van der Waals surface area (Å²) in [7, 11) is 1.30. The summed E-state index contributed by atoms with van der Waals surface area (Å²) in [5.41, 5.74) is 0. The Morgan fingerprint density at radius 2 is 3.10 bits per heavy atom. The van der Waals surface area contributed by atoms with E-state index in [-0.39, 0.29) is 6.17 Å². The van der Waals surface area contributed by atoms with E-state index in [9.17, 15) is 4.79 Å². The maximum absolute atomic E-state index is 10.9. The van der Waals surface area contributed by atoms with Crippen molar-refractivity contribution in [2.24, 2.45) is 7.05 Å². The molecule has 0 spiro atoms. The highest BCUT2D eigenvalue weighted by Gasteiger charge is 2.03. The van der Waals surface area contributed by atoms with E-state index >= 15 is 0 Å². The zero-order chi connectivity index (χ0) is 11.8. The largest absolute Gasteiger partial charge is 0.481 e. The third-order valence-electron chi connectivity index (χ3n) is 0.911. The number of hydrogen-bond donors (Lipinski definition) is 1. The fourth-order valence-corrected chi connectivity index (χ4v) is 0.484. The SMILES string of the molecule is [2H]OC(=O)C([2H])([2H])c1nc([2H])c([2H])n1C. The molecule has 54 valence electrons. The van der Waals surface area contributed by atoms with Gasteiger partial charge in [-0.25, -0.2) is 4.98 Å². The Labute approximate surface area is 65.2 Å². The van der Waals surface area contributed by atoms with Gasteiger partial charge in [0.15, 0.2) is 0 Å². The van der Waals surface area contributed by atoms with Gasteiger partial charge in [0.05, 0.1) is 2.74 Å². The average Bonchev–Trinajstić information content (AvgIpc) is 2.45. The van der Waals surface area contributed by atoms with Crippen LogP contribution in [0.4, 0.5) is 0 Å². The fraction of sp³-hybridized carbons (Fsp3) is 0.333. The molecule has 0 saturated heterocycles. The minimum absolute atomic E-state index is 0.313. The molecule has 0 unspecified atom stereocenters. The lowest BCUT2D eigenvalue weighted by Crippen LogP contribution is -2.05. The highest BCUT2D eigenvalue weighted by molar-refractivity contribution is 5.69. The van der Waals surface area contributed by atoms with Gasteiger partial charge < -0.3 is 9.68 Å². The molecule has 4 nitrogen and oxygen atoms in total. The summed E-state index contributed by atoms with van der Waals surface area (Å²) in [6, 6.07) is 0. The third-order valence-corrected chi connectivity index (χ3v) is 0.911. The molecule has 4 heteroatoms. The first-order valence-corrected chi connectivity index (χ1v) is 2.50. The molecule has 1 aromatic rings. The van der Waals surface area contributed by atoms with Gasteiger partial charge in [-0.1, -0.05) is 0 Å². The molecule has 0 saturated carbocycles. The van der Waals surface area contributed by atoms with Gasteiger partial charge in [-0.3, -0.25) is 4.79 Å². The molecule has 0 bridgehead atoms. The molecule has 0 aliphatic rings. The standard InChI is InChI=1S/C6H8N2O2/c1-8-3-2-7-5(8)4-6(9)10/h2-3H,4H2,1H3,(H,9,10)/i2D,3D,4D2/hD. The van der Waals surface area contributed by atoms with E-state index in [0.717, 1.165) is 4.57 Å². The molecule has 0 aliphatic heterocycles. The molecule has 0 aliphatic carbocycles. The van der Waals surface area contributed by atoms with Gasteiger partial charge in [-0.15, -0.1) is 0 Å². The van der Waals surface area contributed by atoms with Crippen molar-refractivity contribution in [1.82, 2.24) is 9.55 Å². The van der Waals surface area contributed by atoms with E-state index in [4.69, 9.17) is 6.91 Å².